The number of nitrogens with one attached hydrogen (secondary N) is 2. The summed E-state index contributed by atoms with van der Waals surface area (Å²) in [4.78, 5) is 13.0. The molecule has 0 saturated carbocycles. The minimum atomic E-state index is -3.87. The standard InChI is InChI=1S/C25H28N2O4S/c1-16-11-13-21(14-18(16)3)27-32(29,30)24-15-20(12-10-17(24)2)25(28)26-19(4)22-8-6-7-9-23(22)31-5/h6-15,19,27H,1-5H3,(H,26,28)/t19-/m1/s1. The Morgan fingerprint density at radius 1 is 0.906 bits per heavy atom. The molecule has 0 aliphatic rings. The Kier molecular flexibility index (Phi) is 6.89. The number of para-hydroxylation sites is 1. The van der Waals surface area contributed by atoms with Gasteiger partial charge in [0.1, 0.15) is 5.75 Å². The summed E-state index contributed by atoms with van der Waals surface area (Å²) in [5, 5.41) is 2.91. The highest BCUT2D eigenvalue weighted by Gasteiger charge is 2.21. The molecule has 3 rings (SSSR count). The number of rotatable bonds is 7. The number of hydrogen-bond acceptors (Lipinski definition) is 4. The Balaban J connectivity index is 1.85. The Labute approximate surface area is 189 Å². The van der Waals surface area contributed by atoms with Gasteiger partial charge in [-0.05, 0) is 74.7 Å². The van der Waals surface area contributed by atoms with Crippen LogP contribution in [-0.4, -0.2) is 21.4 Å². The summed E-state index contributed by atoms with van der Waals surface area (Å²) in [6.07, 6.45) is 0. The van der Waals surface area contributed by atoms with Crippen LogP contribution < -0.4 is 14.8 Å². The van der Waals surface area contributed by atoms with E-state index < -0.39 is 10.0 Å². The smallest absolute Gasteiger partial charge is 0.262 e. The fraction of sp³-hybridized carbons (Fsp3) is 0.240. The van der Waals surface area contributed by atoms with Gasteiger partial charge in [0, 0.05) is 16.8 Å². The Hall–Kier alpha value is -3.32. The van der Waals surface area contributed by atoms with Crippen molar-refractivity contribution in [2.45, 2.75) is 38.6 Å². The van der Waals surface area contributed by atoms with Gasteiger partial charge in [-0.15, -0.1) is 0 Å². The molecule has 3 aromatic rings. The molecule has 0 bridgehead atoms. The lowest BCUT2D eigenvalue weighted by atomic mass is 10.1. The predicted molar refractivity (Wildman–Crippen MR) is 127 cm³/mol. The van der Waals surface area contributed by atoms with Crippen molar-refractivity contribution in [1.29, 1.82) is 0 Å². The van der Waals surface area contributed by atoms with E-state index in [9.17, 15) is 13.2 Å². The third kappa shape index (κ3) is 5.11. The van der Waals surface area contributed by atoms with Crippen LogP contribution in [0.1, 0.15) is 45.6 Å². The van der Waals surface area contributed by atoms with Crippen molar-refractivity contribution in [3.63, 3.8) is 0 Å². The molecule has 0 heterocycles. The van der Waals surface area contributed by atoms with Gasteiger partial charge >= 0.3 is 0 Å². The molecule has 0 spiro atoms. The van der Waals surface area contributed by atoms with Gasteiger partial charge in [-0.3, -0.25) is 9.52 Å². The first-order valence-electron chi connectivity index (χ1n) is 10.3. The number of aryl methyl sites for hydroxylation is 3. The lowest BCUT2D eigenvalue weighted by molar-refractivity contribution is 0.0939. The normalized spacial score (nSPS) is 12.2. The van der Waals surface area contributed by atoms with Crippen molar-refractivity contribution >= 4 is 21.6 Å². The Morgan fingerprint density at radius 3 is 2.28 bits per heavy atom. The summed E-state index contributed by atoms with van der Waals surface area (Å²) in [6.45, 7) is 7.44. The summed E-state index contributed by atoms with van der Waals surface area (Å²) in [7, 11) is -2.29. The zero-order chi connectivity index (χ0) is 23.5. The number of methoxy groups -OCH3 is 1. The van der Waals surface area contributed by atoms with E-state index in [1.54, 1.807) is 38.3 Å². The van der Waals surface area contributed by atoms with E-state index in [2.05, 4.69) is 10.0 Å². The highest BCUT2D eigenvalue weighted by atomic mass is 32.2. The van der Waals surface area contributed by atoms with Gasteiger partial charge in [-0.1, -0.05) is 30.3 Å². The quantitative estimate of drug-likeness (QED) is 0.533. The molecular weight excluding hydrogens is 424 g/mol. The van der Waals surface area contributed by atoms with E-state index in [1.165, 1.54) is 6.07 Å². The van der Waals surface area contributed by atoms with Crippen LogP contribution in [0.2, 0.25) is 0 Å². The third-order valence-corrected chi connectivity index (χ3v) is 6.98. The van der Waals surface area contributed by atoms with E-state index in [1.807, 2.05) is 51.1 Å². The molecule has 0 aromatic heterocycles. The molecule has 7 heteroatoms. The molecule has 1 atom stereocenters. The van der Waals surface area contributed by atoms with Gasteiger partial charge in [-0.25, -0.2) is 8.42 Å². The maximum absolute atomic E-state index is 13.1. The van der Waals surface area contributed by atoms with Gasteiger partial charge in [-0.2, -0.15) is 0 Å². The number of carbonyl (C=O) groups is 1. The van der Waals surface area contributed by atoms with Crippen LogP contribution in [0.3, 0.4) is 0 Å². The van der Waals surface area contributed by atoms with Crippen LogP contribution in [0, 0.1) is 20.8 Å². The van der Waals surface area contributed by atoms with Crippen molar-refractivity contribution in [2.24, 2.45) is 0 Å². The van der Waals surface area contributed by atoms with E-state index in [0.29, 0.717) is 17.0 Å². The lowest BCUT2D eigenvalue weighted by Crippen LogP contribution is -2.27. The number of benzene rings is 3. The van der Waals surface area contributed by atoms with Crippen LogP contribution in [0.4, 0.5) is 5.69 Å². The average molecular weight is 453 g/mol. The number of sulfonamides is 1. The van der Waals surface area contributed by atoms with Crippen molar-refractivity contribution in [3.05, 3.63) is 88.5 Å². The SMILES string of the molecule is COc1ccccc1[C@@H](C)NC(=O)c1ccc(C)c(S(=O)(=O)Nc2ccc(C)c(C)c2)c1. The molecule has 0 aliphatic carbocycles. The molecule has 3 aromatic carbocycles. The zero-order valence-electron chi connectivity index (χ0n) is 18.9. The summed E-state index contributed by atoms with van der Waals surface area (Å²) < 4.78 is 34.1. The molecule has 0 aliphatic heterocycles. The van der Waals surface area contributed by atoms with Crippen LogP contribution in [0.15, 0.2) is 65.6 Å². The minimum absolute atomic E-state index is 0.0633. The fourth-order valence-corrected chi connectivity index (χ4v) is 4.75. The van der Waals surface area contributed by atoms with Crippen LogP contribution in [0.25, 0.3) is 0 Å². The van der Waals surface area contributed by atoms with Gasteiger partial charge < -0.3 is 10.1 Å². The first-order chi connectivity index (χ1) is 15.1. The van der Waals surface area contributed by atoms with Crippen LogP contribution >= 0.6 is 0 Å². The lowest BCUT2D eigenvalue weighted by Gasteiger charge is -2.18. The number of amides is 1. The Morgan fingerprint density at radius 2 is 1.59 bits per heavy atom. The van der Waals surface area contributed by atoms with E-state index in [0.717, 1.165) is 16.7 Å². The third-order valence-electron chi connectivity index (χ3n) is 5.45. The second kappa shape index (κ2) is 9.44. The molecule has 168 valence electrons. The second-order valence-corrected chi connectivity index (χ2v) is 9.47. The number of carbonyl (C=O) groups excluding carboxylic acids is 1. The summed E-state index contributed by atoms with van der Waals surface area (Å²) in [6, 6.07) is 17.1. The summed E-state index contributed by atoms with van der Waals surface area (Å²) in [5.74, 6) is 0.302. The van der Waals surface area contributed by atoms with Crippen molar-refractivity contribution in [2.75, 3.05) is 11.8 Å². The molecule has 0 fully saturated rings. The van der Waals surface area contributed by atoms with E-state index in [4.69, 9.17) is 4.74 Å². The van der Waals surface area contributed by atoms with E-state index in [-0.39, 0.29) is 22.4 Å². The molecule has 1 amide bonds. The van der Waals surface area contributed by atoms with Crippen LogP contribution in [-0.2, 0) is 10.0 Å². The molecule has 32 heavy (non-hydrogen) atoms. The van der Waals surface area contributed by atoms with Crippen molar-refractivity contribution in [3.8, 4) is 5.75 Å². The first kappa shape index (κ1) is 23.3. The highest BCUT2D eigenvalue weighted by molar-refractivity contribution is 7.92. The molecule has 2 N–H and O–H groups in total. The topological polar surface area (TPSA) is 84.5 Å². The van der Waals surface area contributed by atoms with Crippen molar-refractivity contribution in [1.82, 2.24) is 5.32 Å². The summed E-state index contributed by atoms with van der Waals surface area (Å²) >= 11 is 0. The number of hydrogen-bond donors (Lipinski definition) is 2. The predicted octanol–water partition coefficient (Wildman–Crippen LogP) is 4.91. The second-order valence-electron chi connectivity index (χ2n) is 7.82. The zero-order valence-corrected chi connectivity index (χ0v) is 19.7. The number of ether oxygens (including phenoxy) is 1. The fourth-order valence-electron chi connectivity index (χ4n) is 3.43. The first-order valence-corrected chi connectivity index (χ1v) is 11.7. The van der Waals surface area contributed by atoms with Crippen LogP contribution in [0.5, 0.6) is 5.75 Å². The molecule has 0 saturated heterocycles. The highest BCUT2D eigenvalue weighted by Crippen LogP contribution is 2.26. The minimum Gasteiger partial charge on any atom is -0.496 e. The van der Waals surface area contributed by atoms with Gasteiger partial charge in [0.05, 0.1) is 18.0 Å². The average Bonchev–Trinajstić information content (AvgIpc) is 2.76. The van der Waals surface area contributed by atoms with Gasteiger partial charge in [0.2, 0.25) is 0 Å². The molecule has 6 nitrogen and oxygen atoms in total. The van der Waals surface area contributed by atoms with Gasteiger partial charge in [0.25, 0.3) is 15.9 Å². The Bertz CT molecular complexity index is 1250. The number of anilines is 1. The largest absolute Gasteiger partial charge is 0.496 e. The summed E-state index contributed by atoms with van der Waals surface area (Å²) in [5.41, 5.74) is 4.19. The van der Waals surface area contributed by atoms with E-state index >= 15 is 0 Å². The maximum atomic E-state index is 13.1. The maximum Gasteiger partial charge on any atom is 0.262 e. The molecule has 0 radical (unpaired) electrons. The van der Waals surface area contributed by atoms with Crippen molar-refractivity contribution < 1.29 is 17.9 Å². The molecule has 0 unspecified atom stereocenters. The molecular formula is C25H28N2O4S. The van der Waals surface area contributed by atoms with Gasteiger partial charge in [0.15, 0.2) is 0 Å². The monoisotopic (exact) mass is 452 g/mol.